The standard InChI is InChI=1S/C26H23N3O/c30-26(27-17-19-8-2-1-3-9-19)23-16-25(28-24-13-7-6-12-22(23)24)29-15-14-20-10-4-5-11-21(20)18-29/h1-13,16H,14-15,17-18H2,(H,27,30). The SMILES string of the molecule is O=C(NCc1ccccc1)c1cc(N2CCc3ccccc3C2)nc2ccccc12. The Morgan fingerprint density at radius 1 is 0.900 bits per heavy atom. The summed E-state index contributed by atoms with van der Waals surface area (Å²) < 4.78 is 0. The van der Waals surface area contributed by atoms with Gasteiger partial charge in [-0.1, -0.05) is 72.8 Å². The van der Waals surface area contributed by atoms with Gasteiger partial charge in [-0.25, -0.2) is 4.98 Å². The average Bonchev–Trinajstić information content (AvgIpc) is 2.82. The molecule has 0 radical (unpaired) electrons. The van der Waals surface area contributed by atoms with Crippen LogP contribution in [-0.2, 0) is 19.5 Å². The molecule has 0 saturated carbocycles. The quantitative estimate of drug-likeness (QED) is 0.545. The van der Waals surface area contributed by atoms with Crippen molar-refractivity contribution in [3.63, 3.8) is 0 Å². The zero-order valence-electron chi connectivity index (χ0n) is 16.7. The molecule has 0 atom stereocenters. The van der Waals surface area contributed by atoms with Crippen molar-refractivity contribution < 1.29 is 4.79 Å². The van der Waals surface area contributed by atoms with Crippen LogP contribution in [0.5, 0.6) is 0 Å². The lowest BCUT2D eigenvalue weighted by Crippen LogP contribution is -2.31. The lowest BCUT2D eigenvalue weighted by atomic mass is 9.99. The number of fused-ring (bicyclic) bond motifs is 2. The molecule has 5 rings (SSSR count). The van der Waals surface area contributed by atoms with Crippen molar-refractivity contribution in [2.24, 2.45) is 0 Å². The molecule has 0 aliphatic carbocycles. The molecule has 0 fully saturated rings. The maximum absolute atomic E-state index is 13.1. The Morgan fingerprint density at radius 3 is 2.50 bits per heavy atom. The first-order valence-corrected chi connectivity index (χ1v) is 10.3. The van der Waals surface area contributed by atoms with Crippen LogP contribution in [0.25, 0.3) is 10.9 Å². The van der Waals surface area contributed by atoms with Gasteiger partial charge in [0.1, 0.15) is 5.82 Å². The summed E-state index contributed by atoms with van der Waals surface area (Å²) in [6.07, 6.45) is 0.986. The van der Waals surface area contributed by atoms with Crippen LogP contribution in [0.3, 0.4) is 0 Å². The maximum Gasteiger partial charge on any atom is 0.252 e. The minimum Gasteiger partial charge on any atom is -0.352 e. The van der Waals surface area contributed by atoms with Gasteiger partial charge in [0, 0.05) is 25.0 Å². The molecule has 3 aromatic carbocycles. The van der Waals surface area contributed by atoms with Gasteiger partial charge < -0.3 is 10.2 Å². The van der Waals surface area contributed by atoms with Crippen molar-refractivity contribution in [2.45, 2.75) is 19.5 Å². The number of hydrogen-bond donors (Lipinski definition) is 1. The van der Waals surface area contributed by atoms with E-state index >= 15 is 0 Å². The van der Waals surface area contributed by atoms with Crippen LogP contribution in [0.15, 0.2) is 84.9 Å². The molecule has 0 spiro atoms. The Labute approximate surface area is 176 Å². The van der Waals surface area contributed by atoms with E-state index in [-0.39, 0.29) is 5.91 Å². The van der Waals surface area contributed by atoms with Crippen molar-refractivity contribution in [3.8, 4) is 0 Å². The predicted molar refractivity (Wildman–Crippen MR) is 121 cm³/mol. The summed E-state index contributed by atoms with van der Waals surface area (Å²) in [5.41, 5.74) is 5.32. The number of amides is 1. The summed E-state index contributed by atoms with van der Waals surface area (Å²) in [6, 6.07) is 28.3. The van der Waals surface area contributed by atoms with Gasteiger partial charge in [-0.2, -0.15) is 0 Å². The summed E-state index contributed by atoms with van der Waals surface area (Å²) in [6.45, 7) is 2.21. The zero-order valence-corrected chi connectivity index (χ0v) is 16.7. The van der Waals surface area contributed by atoms with Crippen LogP contribution in [0.4, 0.5) is 5.82 Å². The fourth-order valence-corrected chi connectivity index (χ4v) is 4.08. The monoisotopic (exact) mass is 393 g/mol. The number of aromatic nitrogens is 1. The number of carbonyl (C=O) groups excluding carboxylic acids is 1. The first-order chi connectivity index (χ1) is 14.8. The van der Waals surface area contributed by atoms with Crippen LogP contribution in [0.1, 0.15) is 27.0 Å². The van der Waals surface area contributed by atoms with Crippen molar-refractivity contribution in [1.29, 1.82) is 0 Å². The molecule has 1 N–H and O–H groups in total. The number of benzene rings is 3. The largest absolute Gasteiger partial charge is 0.352 e. The molecule has 0 unspecified atom stereocenters. The Balaban J connectivity index is 1.47. The van der Waals surface area contributed by atoms with E-state index in [0.29, 0.717) is 12.1 Å². The highest BCUT2D eigenvalue weighted by molar-refractivity contribution is 6.07. The minimum atomic E-state index is -0.0730. The topological polar surface area (TPSA) is 45.2 Å². The molecule has 148 valence electrons. The van der Waals surface area contributed by atoms with Gasteiger partial charge in [-0.15, -0.1) is 0 Å². The molecular formula is C26H23N3O. The second kappa shape index (κ2) is 7.99. The third-order valence-electron chi connectivity index (χ3n) is 5.70. The van der Waals surface area contributed by atoms with E-state index in [1.165, 1.54) is 11.1 Å². The van der Waals surface area contributed by atoms with E-state index in [2.05, 4.69) is 34.5 Å². The van der Waals surface area contributed by atoms with Crippen LogP contribution in [0.2, 0.25) is 0 Å². The highest BCUT2D eigenvalue weighted by Crippen LogP contribution is 2.27. The van der Waals surface area contributed by atoms with Crippen LogP contribution < -0.4 is 10.2 Å². The molecule has 1 amide bonds. The Kier molecular flexibility index (Phi) is 4.89. The smallest absolute Gasteiger partial charge is 0.252 e. The lowest BCUT2D eigenvalue weighted by Gasteiger charge is -2.30. The second-order valence-electron chi connectivity index (χ2n) is 7.65. The fraction of sp³-hybridized carbons (Fsp3) is 0.154. The maximum atomic E-state index is 13.1. The summed E-state index contributed by atoms with van der Waals surface area (Å²) >= 11 is 0. The number of pyridine rings is 1. The highest BCUT2D eigenvalue weighted by atomic mass is 16.1. The molecular weight excluding hydrogens is 370 g/mol. The van der Waals surface area contributed by atoms with Crippen LogP contribution >= 0.6 is 0 Å². The van der Waals surface area contributed by atoms with Crippen molar-refractivity contribution in [2.75, 3.05) is 11.4 Å². The number of nitrogens with one attached hydrogen (secondary N) is 1. The summed E-state index contributed by atoms with van der Waals surface area (Å²) in [4.78, 5) is 20.3. The molecule has 1 aliphatic rings. The van der Waals surface area contributed by atoms with E-state index in [4.69, 9.17) is 4.98 Å². The molecule has 1 aromatic heterocycles. The fourth-order valence-electron chi connectivity index (χ4n) is 4.08. The van der Waals surface area contributed by atoms with Gasteiger partial charge in [0.25, 0.3) is 5.91 Å². The molecule has 0 saturated heterocycles. The van der Waals surface area contributed by atoms with E-state index in [1.54, 1.807) is 0 Å². The average molecular weight is 393 g/mol. The predicted octanol–water partition coefficient (Wildman–Crippen LogP) is 4.73. The van der Waals surface area contributed by atoms with E-state index in [1.807, 2.05) is 60.7 Å². The summed E-state index contributed by atoms with van der Waals surface area (Å²) in [5.74, 6) is 0.782. The molecule has 1 aliphatic heterocycles. The van der Waals surface area contributed by atoms with E-state index < -0.39 is 0 Å². The number of nitrogens with zero attached hydrogens (tertiary/aromatic N) is 2. The first kappa shape index (κ1) is 18.4. The van der Waals surface area contributed by atoms with E-state index in [0.717, 1.165) is 41.8 Å². The van der Waals surface area contributed by atoms with Crippen LogP contribution in [-0.4, -0.2) is 17.4 Å². The normalized spacial score (nSPS) is 13.1. The van der Waals surface area contributed by atoms with Gasteiger partial charge in [0.05, 0.1) is 11.1 Å². The highest BCUT2D eigenvalue weighted by Gasteiger charge is 2.20. The zero-order chi connectivity index (χ0) is 20.3. The van der Waals surface area contributed by atoms with Gasteiger partial charge in [0.15, 0.2) is 0 Å². The molecule has 4 aromatic rings. The summed E-state index contributed by atoms with van der Waals surface area (Å²) in [5, 5.41) is 3.95. The van der Waals surface area contributed by atoms with Crippen molar-refractivity contribution in [1.82, 2.24) is 10.3 Å². The Morgan fingerprint density at radius 2 is 1.63 bits per heavy atom. The minimum absolute atomic E-state index is 0.0730. The van der Waals surface area contributed by atoms with Crippen LogP contribution in [0, 0.1) is 0 Å². The lowest BCUT2D eigenvalue weighted by molar-refractivity contribution is 0.0952. The van der Waals surface area contributed by atoms with E-state index in [9.17, 15) is 4.79 Å². The Bertz CT molecular complexity index is 1200. The van der Waals surface area contributed by atoms with Crippen molar-refractivity contribution in [3.05, 3.63) is 107 Å². The number of para-hydroxylation sites is 1. The van der Waals surface area contributed by atoms with Gasteiger partial charge in [-0.3, -0.25) is 4.79 Å². The molecule has 2 heterocycles. The number of anilines is 1. The Hall–Kier alpha value is -3.66. The third kappa shape index (κ3) is 3.64. The molecule has 4 nitrogen and oxygen atoms in total. The van der Waals surface area contributed by atoms with Gasteiger partial charge >= 0.3 is 0 Å². The van der Waals surface area contributed by atoms with Crippen molar-refractivity contribution >= 4 is 22.6 Å². The number of rotatable bonds is 4. The molecule has 30 heavy (non-hydrogen) atoms. The third-order valence-corrected chi connectivity index (χ3v) is 5.70. The summed E-state index contributed by atoms with van der Waals surface area (Å²) in [7, 11) is 0. The van der Waals surface area contributed by atoms with Gasteiger partial charge in [0.2, 0.25) is 0 Å². The second-order valence-corrected chi connectivity index (χ2v) is 7.65. The number of carbonyl (C=O) groups is 1. The molecule has 4 heteroatoms. The first-order valence-electron chi connectivity index (χ1n) is 10.3. The molecule has 0 bridgehead atoms. The number of hydrogen-bond acceptors (Lipinski definition) is 3. The van der Waals surface area contributed by atoms with Gasteiger partial charge in [-0.05, 0) is 35.2 Å².